The van der Waals surface area contributed by atoms with Crippen LogP contribution < -0.4 is 14.2 Å². The van der Waals surface area contributed by atoms with E-state index in [0.717, 1.165) is 5.56 Å². The van der Waals surface area contributed by atoms with Crippen molar-refractivity contribution in [3.05, 3.63) is 48.0 Å². The van der Waals surface area contributed by atoms with Gasteiger partial charge in [0.2, 0.25) is 0 Å². The second-order valence-corrected chi connectivity index (χ2v) is 6.35. The lowest BCUT2D eigenvalue weighted by Gasteiger charge is -2.13. The standard InChI is InChI=1S/C16H19NO4S/c1-4-21-15-10-9-13(11-12(15)2)22(18,19)17-14-7-5-6-8-16(14)20-3/h5-11,17H,4H2,1-3H3. The molecule has 0 aliphatic carbocycles. The van der Waals surface area contributed by atoms with Crippen molar-refractivity contribution < 1.29 is 17.9 Å². The molecule has 0 unspecified atom stereocenters. The Hall–Kier alpha value is -2.21. The number of nitrogens with one attached hydrogen (secondary N) is 1. The fourth-order valence-corrected chi connectivity index (χ4v) is 3.19. The number of aryl methyl sites for hydroxylation is 1. The number of para-hydroxylation sites is 2. The number of hydrogen-bond acceptors (Lipinski definition) is 4. The summed E-state index contributed by atoms with van der Waals surface area (Å²) < 4.78 is 38.1. The van der Waals surface area contributed by atoms with Crippen LogP contribution in [0, 0.1) is 6.92 Å². The van der Waals surface area contributed by atoms with Crippen LogP contribution in [-0.2, 0) is 10.0 Å². The first-order valence-corrected chi connectivity index (χ1v) is 8.35. The van der Waals surface area contributed by atoms with Crippen molar-refractivity contribution in [3.63, 3.8) is 0 Å². The predicted molar refractivity (Wildman–Crippen MR) is 86.2 cm³/mol. The van der Waals surface area contributed by atoms with Gasteiger partial charge >= 0.3 is 0 Å². The van der Waals surface area contributed by atoms with E-state index in [1.807, 2.05) is 13.8 Å². The Morgan fingerprint density at radius 2 is 1.82 bits per heavy atom. The van der Waals surface area contributed by atoms with E-state index in [0.29, 0.717) is 23.8 Å². The van der Waals surface area contributed by atoms with E-state index in [1.54, 1.807) is 36.4 Å². The van der Waals surface area contributed by atoms with Crippen LogP contribution in [0.2, 0.25) is 0 Å². The van der Waals surface area contributed by atoms with Crippen molar-refractivity contribution in [2.24, 2.45) is 0 Å². The first-order valence-electron chi connectivity index (χ1n) is 6.87. The van der Waals surface area contributed by atoms with Crippen LogP contribution in [0.5, 0.6) is 11.5 Å². The van der Waals surface area contributed by atoms with E-state index < -0.39 is 10.0 Å². The smallest absolute Gasteiger partial charge is 0.262 e. The number of anilines is 1. The van der Waals surface area contributed by atoms with Crippen molar-refractivity contribution in [2.45, 2.75) is 18.7 Å². The van der Waals surface area contributed by atoms with Gasteiger partial charge in [0.15, 0.2) is 0 Å². The average Bonchev–Trinajstić information content (AvgIpc) is 2.49. The molecule has 6 heteroatoms. The van der Waals surface area contributed by atoms with E-state index in [1.165, 1.54) is 13.2 Å². The molecule has 0 saturated heterocycles. The number of hydrogen-bond donors (Lipinski definition) is 1. The quantitative estimate of drug-likeness (QED) is 0.887. The third-order valence-electron chi connectivity index (χ3n) is 3.11. The molecule has 0 atom stereocenters. The van der Waals surface area contributed by atoms with Crippen LogP contribution in [0.25, 0.3) is 0 Å². The lowest BCUT2D eigenvalue weighted by Crippen LogP contribution is -2.14. The van der Waals surface area contributed by atoms with Gasteiger partial charge < -0.3 is 9.47 Å². The molecule has 0 aromatic heterocycles. The van der Waals surface area contributed by atoms with Crippen LogP contribution >= 0.6 is 0 Å². The minimum atomic E-state index is -3.69. The van der Waals surface area contributed by atoms with Crippen molar-refractivity contribution >= 4 is 15.7 Å². The van der Waals surface area contributed by atoms with Crippen molar-refractivity contribution in [1.82, 2.24) is 0 Å². The third kappa shape index (κ3) is 3.51. The van der Waals surface area contributed by atoms with Gasteiger partial charge in [-0.1, -0.05) is 12.1 Å². The van der Waals surface area contributed by atoms with E-state index in [-0.39, 0.29) is 4.90 Å². The van der Waals surface area contributed by atoms with Gasteiger partial charge in [-0.05, 0) is 49.7 Å². The molecule has 2 aromatic carbocycles. The molecule has 1 N–H and O–H groups in total. The van der Waals surface area contributed by atoms with Crippen LogP contribution in [0.15, 0.2) is 47.4 Å². The first-order chi connectivity index (χ1) is 10.5. The zero-order valence-corrected chi connectivity index (χ0v) is 13.6. The normalized spacial score (nSPS) is 11.0. The van der Waals surface area contributed by atoms with Crippen LogP contribution in [0.1, 0.15) is 12.5 Å². The van der Waals surface area contributed by atoms with Crippen LogP contribution in [0.3, 0.4) is 0 Å². The molecule has 0 amide bonds. The first kappa shape index (κ1) is 16.2. The highest BCUT2D eigenvalue weighted by atomic mass is 32.2. The molecule has 0 fully saturated rings. The fraction of sp³-hybridized carbons (Fsp3) is 0.250. The Morgan fingerprint density at radius 3 is 2.45 bits per heavy atom. The minimum Gasteiger partial charge on any atom is -0.495 e. The maximum Gasteiger partial charge on any atom is 0.262 e. The Kier molecular flexibility index (Phi) is 4.92. The van der Waals surface area contributed by atoms with Crippen molar-refractivity contribution in [3.8, 4) is 11.5 Å². The molecule has 0 aliphatic heterocycles. The molecule has 2 aromatic rings. The zero-order valence-electron chi connectivity index (χ0n) is 12.8. The summed E-state index contributed by atoms with van der Waals surface area (Å²) in [7, 11) is -2.19. The second-order valence-electron chi connectivity index (χ2n) is 4.67. The summed E-state index contributed by atoms with van der Waals surface area (Å²) in [6.45, 7) is 4.23. The van der Waals surface area contributed by atoms with E-state index >= 15 is 0 Å². The monoisotopic (exact) mass is 321 g/mol. The summed E-state index contributed by atoms with van der Waals surface area (Å²) >= 11 is 0. The largest absolute Gasteiger partial charge is 0.495 e. The molecular weight excluding hydrogens is 302 g/mol. The van der Waals surface area contributed by atoms with Gasteiger partial charge in [-0.25, -0.2) is 8.42 Å². The SMILES string of the molecule is CCOc1ccc(S(=O)(=O)Nc2ccccc2OC)cc1C. The molecule has 0 saturated carbocycles. The van der Waals surface area contributed by atoms with E-state index in [9.17, 15) is 8.42 Å². The number of ether oxygens (including phenoxy) is 2. The Balaban J connectivity index is 2.32. The maximum absolute atomic E-state index is 12.5. The fourth-order valence-electron chi connectivity index (χ4n) is 2.04. The van der Waals surface area contributed by atoms with Crippen LogP contribution in [0.4, 0.5) is 5.69 Å². The highest BCUT2D eigenvalue weighted by Crippen LogP contribution is 2.27. The highest BCUT2D eigenvalue weighted by molar-refractivity contribution is 7.92. The van der Waals surface area contributed by atoms with Gasteiger partial charge in [0.25, 0.3) is 10.0 Å². The topological polar surface area (TPSA) is 64.6 Å². The summed E-state index contributed by atoms with van der Waals surface area (Å²) in [4.78, 5) is 0.180. The average molecular weight is 321 g/mol. The minimum absolute atomic E-state index is 0.180. The molecule has 0 radical (unpaired) electrons. The molecule has 22 heavy (non-hydrogen) atoms. The van der Waals surface area contributed by atoms with Gasteiger partial charge in [0, 0.05) is 0 Å². The zero-order chi connectivity index (χ0) is 16.2. The molecule has 0 spiro atoms. The van der Waals surface area contributed by atoms with E-state index in [4.69, 9.17) is 9.47 Å². The van der Waals surface area contributed by atoms with Gasteiger partial charge in [-0.2, -0.15) is 0 Å². The van der Waals surface area contributed by atoms with Gasteiger partial charge in [0.1, 0.15) is 11.5 Å². The Bertz CT molecular complexity index is 756. The van der Waals surface area contributed by atoms with E-state index in [2.05, 4.69) is 4.72 Å². The lowest BCUT2D eigenvalue weighted by molar-refractivity contribution is 0.337. The summed E-state index contributed by atoms with van der Waals surface area (Å²) in [5.41, 5.74) is 1.17. The second kappa shape index (κ2) is 6.70. The summed E-state index contributed by atoms with van der Waals surface area (Å²) in [6, 6.07) is 11.6. The third-order valence-corrected chi connectivity index (χ3v) is 4.47. The van der Waals surface area contributed by atoms with Crippen molar-refractivity contribution in [1.29, 1.82) is 0 Å². The summed E-state index contributed by atoms with van der Waals surface area (Å²) in [6.07, 6.45) is 0. The maximum atomic E-state index is 12.5. The highest BCUT2D eigenvalue weighted by Gasteiger charge is 2.17. The molecule has 0 bridgehead atoms. The molecular formula is C16H19NO4S. The number of methoxy groups -OCH3 is 1. The predicted octanol–water partition coefficient (Wildman–Crippen LogP) is 3.20. The number of benzene rings is 2. The molecule has 2 rings (SSSR count). The summed E-state index contributed by atoms with van der Waals surface area (Å²) in [5, 5.41) is 0. The Morgan fingerprint density at radius 1 is 1.09 bits per heavy atom. The Labute approximate surface area is 130 Å². The van der Waals surface area contributed by atoms with Gasteiger partial charge in [-0.3, -0.25) is 4.72 Å². The number of sulfonamides is 1. The molecule has 5 nitrogen and oxygen atoms in total. The molecule has 0 heterocycles. The lowest BCUT2D eigenvalue weighted by atomic mass is 10.2. The number of rotatable bonds is 6. The van der Waals surface area contributed by atoms with Crippen LogP contribution in [-0.4, -0.2) is 22.1 Å². The molecule has 0 aliphatic rings. The molecule has 118 valence electrons. The van der Waals surface area contributed by atoms with Crippen molar-refractivity contribution in [2.75, 3.05) is 18.4 Å². The van der Waals surface area contributed by atoms with Gasteiger partial charge in [0.05, 0.1) is 24.3 Å². The van der Waals surface area contributed by atoms with Gasteiger partial charge in [-0.15, -0.1) is 0 Å². The summed E-state index contributed by atoms with van der Waals surface area (Å²) in [5.74, 6) is 1.15.